The quantitative estimate of drug-likeness (QED) is 0.703. The van der Waals surface area contributed by atoms with E-state index in [-0.39, 0.29) is 22.6 Å². The molecule has 3 heterocycles. The first-order chi connectivity index (χ1) is 14.1. The highest BCUT2D eigenvalue weighted by Crippen LogP contribution is 2.30. The van der Waals surface area contributed by atoms with Crippen LogP contribution in [0.1, 0.15) is 23.3 Å². The number of amides is 1. The van der Waals surface area contributed by atoms with Crippen molar-refractivity contribution in [1.82, 2.24) is 9.97 Å². The van der Waals surface area contributed by atoms with Crippen molar-refractivity contribution >= 4 is 22.4 Å². The van der Waals surface area contributed by atoms with Crippen LogP contribution < -0.4 is 10.1 Å². The van der Waals surface area contributed by atoms with Crippen LogP contribution in [-0.4, -0.2) is 35.7 Å². The zero-order valence-corrected chi connectivity index (χ0v) is 15.5. The molecule has 0 spiro atoms. The minimum atomic E-state index is -0.561. The van der Waals surface area contributed by atoms with Crippen molar-refractivity contribution in [2.75, 3.05) is 25.1 Å². The number of fused-ring (bicyclic) bond motifs is 1. The van der Waals surface area contributed by atoms with Crippen molar-refractivity contribution < 1.29 is 23.0 Å². The summed E-state index contributed by atoms with van der Waals surface area (Å²) >= 11 is 0. The Bertz CT molecular complexity index is 1020. The molecule has 1 aliphatic heterocycles. The molecule has 2 aromatic heterocycles. The van der Waals surface area contributed by atoms with Gasteiger partial charge in [0.25, 0.3) is 5.91 Å². The van der Waals surface area contributed by atoms with Gasteiger partial charge in [0.2, 0.25) is 5.88 Å². The van der Waals surface area contributed by atoms with Gasteiger partial charge in [-0.15, -0.1) is 0 Å². The first kappa shape index (κ1) is 19.2. The van der Waals surface area contributed by atoms with Crippen LogP contribution in [0.4, 0.5) is 14.5 Å². The van der Waals surface area contributed by atoms with Crippen LogP contribution in [0.15, 0.2) is 42.7 Å². The number of nitrogens with zero attached hydrogens (tertiary/aromatic N) is 2. The third-order valence-electron chi connectivity index (χ3n) is 4.80. The van der Waals surface area contributed by atoms with E-state index in [9.17, 15) is 13.6 Å². The van der Waals surface area contributed by atoms with E-state index in [1.807, 2.05) is 0 Å². The molecular formula is C21H19F2N3O3. The summed E-state index contributed by atoms with van der Waals surface area (Å²) < 4.78 is 38.9. The Morgan fingerprint density at radius 1 is 1.17 bits per heavy atom. The van der Waals surface area contributed by atoms with E-state index in [1.165, 1.54) is 18.3 Å². The number of pyridine rings is 2. The Morgan fingerprint density at radius 2 is 2.00 bits per heavy atom. The largest absolute Gasteiger partial charge is 0.477 e. The van der Waals surface area contributed by atoms with E-state index < -0.39 is 17.5 Å². The molecule has 0 aliphatic carbocycles. The van der Waals surface area contributed by atoms with Crippen molar-refractivity contribution in [3.8, 4) is 5.88 Å². The minimum absolute atomic E-state index is 0.0297. The lowest BCUT2D eigenvalue weighted by atomic mass is 10.0. The predicted molar refractivity (Wildman–Crippen MR) is 103 cm³/mol. The monoisotopic (exact) mass is 399 g/mol. The molecule has 0 atom stereocenters. The second kappa shape index (κ2) is 8.48. The average Bonchev–Trinajstić information content (AvgIpc) is 2.73. The Hall–Kier alpha value is -3.13. The van der Waals surface area contributed by atoms with Gasteiger partial charge in [-0.25, -0.2) is 18.7 Å². The summed E-state index contributed by atoms with van der Waals surface area (Å²) in [6, 6.07) is 6.87. The van der Waals surface area contributed by atoms with Crippen LogP contribution in [0.3, 0.4) is 0 Å². The number of halogens is 2. The minimum Gasteiger partial charge on any atom is -0.477 e. The summed E-state index contributed by atoms with van der Waals surface area (Å²) in [6.07, 6.45) is 4.29. The van der Waals surface area contributed by atoms with Crippen LogP contribution in [-0.2, 0) is 4.74 Å². The van der Waals surface area contributed by atoms with E-state index in [4.69, 9.17) is 9.47 Å². The third kappa shape index (κ3) is 4.48. The zero-order chi connectivity index (χ0) is 20.2. The molecule has 1 N–H and O–H groups in total. The second-order valence-electron chi connectivity index (χ2n) is 6.85. The molecule has 3 aromatic rings. The van der Waals surface area contributed by atoms with Gasteiger partial charge in [0, 0.05) is 25.1 Å². The van der Waals surface area contributed by atoms with E-state index >= 15 is 0 Å². The smallest absolute Gasteiger partial charge is 0.274 e. The summed E-state index contributed by atoms with van der Waals surface area (Å²) in [5.41, 5.74) is 0.287. The van der Waals surface area contributed by atoms with Crippen LogP contribution >= 0.6 is 0 Å². The standard InChI is InChI=1S/C21H19F2N3O3/c22-15-1-2-18(25-11-15)20(27)26-16-9-14-3-6-24-21(19(14)17(23)10-16)29-12-13-4-7-28-8-5-13/h1-3,6,9-11,13H,4-5,7-8,12H2,(H,26,27). The van der Waals surface area contributed by atoms with E-state index in [0.717, 1.165) is 25.1 Å². The number of hydrogen-bond acceptors (Lipinski definition) is 5. The van der Waals surface area contributed by atoms with Crippen molar-refractivity contribution in [2.45, 2.75) is 12.8 Å². The first-order valence-corrected chi connectivity index (χ1v) is 9.32. The van der Waals surface area contributed by atoms with E-state index in [0.29, 0.717) is 31.1 Å². The lowest BCUT2D eigenvalue weighted by Gasteiger charge is -2.22. The molecule has 1 fully saturated rings. The fraction of sp³-hybridized carbons (Fsp3) is 0.286. The van der Waals surface area contributed by atoms with Gasteiger partial charge >= 0.3 is 0 Å². The van der Waals surface area contributed by atoms with Gasteiger partial charge in [0.1, 0.15) is 17.3 Å². The topological polar surface area (TPSA) is 73.3 Å². The molecule has 8 heteroatoms. The maximum atomic E-state index is 14.8. The Balaban J connectivity index is 1.53. The zero-order valence-electron chi connectivity index (χ0n) is 15.5. The molecule has 0 saturated carbocycles. The van der Waals surface area contributed by atoms with Crippen LogP contribution in [0.5, 0.6) is 5.88 Å². The molecule has 1 saturated heterocycles. The highest BCUT2D eigenvalue weighted by atomic mass is 19.1. The molecule has 1 aromatic carbocycles. The van der Waals surface area contributed by atoms with Gasteiger partial charge in [-0.05, 0) is 54.5 Å². The van der Waals surface area contributed by atoms with Crippen LogP contribution in [0.2, 0.25) is 0 Å². The SMILES string of the molecule is O=C(Nc1cc(F)c2c(OCC3CCOCC3)nccc2c1)c1ccc(F)cn1. The summed E-state index contributed by atoms with van der Waals surface area (Å²) in [5.74, 6) is -1.08. The highest BCUT2D eigenvalue weighted by Gasteiger charge is 2.17. The fourth-order valence-electron chi connectivity index (χ4n) is 3.23. The first-order valence-electron chi connectivity index (χ1n) is 9.32. The number of aromatic nitrogens is 2. The lowest BCUT2D eigenvalue weighted by Crippen LogP contribution is -2.21. The Labute approximate surface area is 165 Å². The van der Waals surface area contributed by atoms with Gasteiger partial charge < -0.3 is 14.8 Å². The molecule has 4 rings (SSSR count). The van der Waals surface area contributed by atoms with Gasteiger partial charge in [0.15, 0.2) is 0 Å². The number of anilines is 1. The summed E-state index contributed by atoms with van der Waals surface area (Å²) in [7, 11) is 0. The third-order valence-corrected chi connectivity index (χ3v) is 4.80. The Kier molecular flexibility index (Phi) is 5.62. The fourth-order valence-corrected chi connectivity index (χ4v) is 3.23. The maximum absolute atomic E-state index is 14.8. The average molecular weight is 399 g/mol. The summed E-state index contributed by atoms with van der Waals surface area (Å²) in [6.45, 7) is 1.86. The van der Waals surface area contributed by atoms with Crippen molar-refractivity contribution in [3.63, 3.8) is 0 Å². The predicted octanol–water partition coefficient (Wildman–Crippen LogP) is 3.97. The number of benzene rings is 1. The molecule has 6 nitrogen and oxygen atoms in total. The van der Waals surface area contributed by atoms with Gasteiger partial charge in [-0.3, -0.25) is 4.79 Å². The van der Waals surface area contributed by atoms with E-state index in [2.05, 4.69) is 15.3 Å². The normalized spacial score (nSPS) is 14.7. The van der Waals surface area contributed by atoms with Gasteiger partial charge in [-0.1, -0.05) is 0 Å². The molecule has 0 unspecified atom stereocenters. The summed E-state index contributed by atoms with van der Waals surface area (Å²) in [5, 5.41) is 3.38. The summed E-state index contributed by atoms with van der Waals surface area (Å²) in [4.78, 5) is 20.1. The molecule has 29 heavy (non-hydrogen) atoms. The second-order valence-corrected chi connectivity index (χ2v) is 6.85. The molecule has 0 radical (unpaired) electrons. The maximum Gasteiger partial charge on any atom is 0.274 e. The number of nitrogens with one attached hydrogen (secondary N) is 1. The van der Waals surface area contributed by atoms with Gasteiger partial charge in [-0.2, -0.15) is 0 Å². The van der Waals surface area contributed by atoms with Crippen LogP contribution in [0.25, 0.3) is 10.8 Å². The number of carbonyl (C=O) groups is 1. The Morgan fingerprint density at radius 3 is 2.76 bits per heavy atom. The van der Waals surface area contributed by atoms with E-state index in [1.54, 1.807) is 12.1 Å². The molecule has 150 valence electrons. The molecule has 1 amide bonds. The number of rotatable bonds is 5. The number of carbonyl (C=O) groups excluding carboxylic acids is 1. The molecular weight excluding hydrogens is 380 g/mol. The van der Waals surface area contributed by atoms with Crippen molar-refractivity contribution in [1.29, 1.82) is 0 Å². The lowest BCUT2D eigenvalue weighted by molar-refractivity contribution is 0.0493. The molecule has 1 aliphatic rings. The molecule has 0 bridgehead atoms. The van der Waals surface area contributed by atoms with Gasteiger partial charge in [0.05, 0.1) is 18.2 Å². The highest BCUT2D eigenvalue weighted by molar-refractivity contribution is 6.04. The number of ether oxygens (including phenoxy) is 2. The number of hydrogen-bond donors (Lipinski definition) is 1. The van der Waals surface area contributed by atoms with Crippen molar-refractivity contribution in [2.24, 2.45) is 5.92 Å². The van der Waals surface area contributed by atoms with Crippen LogP contribution in [0, 0.1) is 17.6 Å². The van der Waals surface area contributed by atoms with Crippen molar-refractivity contribution in [3.05, 3.63) is 60.1 Å².